The van der Waals surface area contributed by atoms with Gasteiger partial charge in [0.25, 0.3) is 10.0 Å². The average Bonchev–Trinajstić information content (AvgIpc) is 2.92. The van der Waals surface area contributed by atoms with Gasteiger partial charge in [0, 0.05) is 12.0 Å². The monoisotopic (exact) mass is 540 g/mol. The van der Waals surface area contributed by atoms with Crippen LogP contribution < -0.4 is 19.1 Å². The Balaban J connectivity index is 1.64. The lowest BCUT2D eigenvalue weighted by atomic mass is 9.83. The Kier molecular flexibility index (Phi) is 8.26. The molecule has 202 valence electrons. The van der Waals surface area contributed by atoms with E-state index >= 15 is 0 Å². The van der Waals surface area contributed by atoms with Crippen LogP contribution in [0.5, 0.6) is 11.5 Å². The van der Waals surface area contributed by atoms with E-state index in [0.29, 0.717) is 24.5 Å². The summed E-state index contributed by atoms with van der Waals surface area (Å²) in [7, 11) is -4.16. The second-order valence-corrected chi connectivity index (χ2v) is 11.1. The van der Waals surface area contributed by atoms with Crippen LogP contribution in [-0.4, -0.2) is 33.1 Å². The summed E-state index contributed by atoms with van der Waals surface area (Å²) in [4.78, 5) is 13.4. The van der Waals surface area contributed by atoms with E-state index in [2.05, 4.69) is 19.2 Å². The molecule has 9 heteroatoms. The first-order valence-corrected chi connectivity index (χ1v) is 14.2. The van der Waals surface area contributed by atoms with Crippen LogP contribution in [0.15, 0.2) is 77.7 Å². The zero-order valence-corrected chi connectivity index (χ0v) is 22.6. The molecule has 0 saturated heterocycles. The van der Waals surface area contributed by atoms with Gasteiger partial charge in [0.1, 0.15) is 29.5 Å². The van der Waals surface area contributed by atoms with Crippen LogP contribution in [0.4, 0.5) is 10.1 Å². The number of anilines is 1. The van der Waals surface area contributed by atoms with Gasteiger partial charge in [0.05, 0.1) is 23.2 Å². The van der Waals surface area contributed by atoms with Crippen molar-refractivity contribution in [1.29, 1.82) is 0 Å². The van der Waals surface area contributed by atoms with Crippen LogP contribution >= 0.6 is 0 Å². The van der Waals surface area contributed by atoms with Gasteiger partial charge >= 0.3 is 0 Å². The molecule has 1 amide bonds. The number of sulfonamides is 1. The number of amides is 1. The third-order valence-corrected chi connectivity index (χ3v) is 8.73. The maximum absolute atomic E-state index is 13.7. The fraction of sp³-hybridized carbons (Fsp3) is 0.345. The highest BCUT2D eigenvalue weighted by Crippen LogP contribution is 2.42. The Hall–Kier alpha value is -3.59. The van der Waals surface area contributed by atoms with Gasteiger partial charge in [-0.05, 0) is 74.4 Å². The first-order chi connectivity index (χ1) is 18.2. The topological polar surface area (TPSA) is 84.9 Å². The van der Waals surface area contributed by atoms with E-state index in [1.165, 1.54) is 36.4 Å². The molecule has 0 radical (unpaired) electrons. The second-order valence-electron chi connectivity index (χ2n) is 9.25. The quantitative estimate of drug-likeness (QED) is 0.361. The first kappa shape index (κ1) is 27.4. The van der Waals surface area contributed by atoms with E-state index in [9.17, 15) is 17.6 Å². The number of benzene rings is 3. The zero-order valence-electron chi connectivity index (χ0n) is 21.8. The molecule has 4 rings (SSSR count). The van der Waals surface area contributed by atoms with Gasteiger partial charge in [-0.15, -0.1) is 0 Å². The number of rotatable bonds is 10. The number of carbonyl (C=O) groups is 1. The molecule has 3 aromatic carbocycles. The van der Waals surface area contributed by atoms with E-state index in [-0.39, 0.29) is 16.6 Å². The van der Waals surface area contributed by atoms with E-state index in [1.807, 2.05) is 31.2 Å². The van der Waals surface area contributed by atoms with Crippen molar-refractivity contribution in [3.8, 4) is 11.5 Å². The van der Waals surface area contributed by atoms with Crippen molar-refractivity contribution in [2.24, 2.45) is 0 Å². The van der Waals surface area contributed by atoms with Crippen LogP contribution in [0.1, 0.15) is 51.6 Å². The van der Waals surface area contributed by atoms with E-state index in [0.717, 1.165) is 22.7 Å². The number of ether oxygens (including phenoxy) is 2. The van der Waals surface area contributed by atoms with Crippen LogP contribution in [-0.2, 0) is 14.8 Å². The lowest BCUT2D eigenvalue weighted by Crippen LogP contribution is -2.47. The molecule has 1 N–H and O–H groups in total. The smallest absolute Gasteiger partial charge is 0.264 e. The van der Waals surface area contributed by atoms with Crippen LogP contribution in [0, 0.1) is 5.82 Å². The molecule has 0 unspecified atom stereocenters. The SMILES string of the molecule is CCOc1ccc(S(=O)(=O)N(CC(=O)N[C@@H]2CC(CC)(CC)Oc3ccccc32)c2ccc(F)cc2)cc1. The number of carbonyl (C=O) groups excluding carboxylic acids is 1. The van der Waals surface area contributed by atoms with Crippen molar-refractivity contribution in [2.75, 3.05) is 17.5 Å². The maximum Gasteiger partial charge on any atom is 0.264 e. The predicted octanol–water partition coefficient (Wildman–Crippen LogP) is 5.62. The molecule has 0 spiro atoms. The van der Waals surface area contributed by atoms with Crippen molar-refractivity contribution in [3.05, 3.63) is 84.2 Å². The van der Waals surface area contributed by atoms with Gasteiger partial charge in [-0.3, -0.25) is 9.10 Å². The van der Waals surface area contributed by atoms with Gasteiger partial charge in [-0.25, -0.2) is 12.8 Å². The fourth-order valence-corrected chi connectivity index (χ4v) is 6.15. The Morgan fingerprint density at radius 2 is 1.68 bits per heavy atom. The maximum atomic E-state index is 13.7. The normalized spacial score (nSPS) is 16.2. The number of fused-ring (bicyclic) bond motifs is 1. The van der Waals surface area contributed by atoms with Crippen molar-refractivity contribution >= 4 is 21.6 Å². The van der Waals surface area contributed by atoms with Crippen molar-refractivity contribution in [2.45, 2.75) is 56.6 Å². The third-order valence-electron chi connectivity index (χ3n) is 6.95. The van der Waals surface area contributed by atoms with Crippen LogP contribution in [0.25, 0.3) is 0 Å². The Morgan fingerprint density at radius 3 is 2.32 bits per heavy atom. The molecule has 0 bridgehead atoms. The summed E-state index contributed by atoms with van der Waals surface area (Å²) < 4.78 is 53.8. The summed E-state index contributed by atoms with van der Waals surface area (Å²) in [5.74, 6) is 0.258. The molecular weight excluding hydrogens is 507 g/mol. The average molecular weight is 541 g/mol. The minimum Gasteiger partial charge on any atom is -0.494 e. The van der Waals surface area contributed by atoms with Gasteiger partial charge in [0.2, 0.25) is 5.91 Å². The number of hydrogen-bond donors (Lipinski definition) is 1. The van der Waals surface area contributed by atoms with Crippen molar-refractivity contribution in [1.82, 2.24) is 5.32 Å². The van der Waals surface area contributed by atoms with E-state index < -0.39 is 33.9 Å². The van der Waals surface area contributed by atoms with Crippen molar-refractivity contribution in [3.63, 3.8) is 0 Å². The minimum atomic E-state index is -4.16. The number of nitrogens with zero attached hydrogens (tertiary/aromatic N) is 1. The number of hydrogen-bond acceptors (Lipinski definition) is 5. The van der Waals surface area contributed by atoms with Gasteiger partial charge in [0.15, 0.2) is 0 Å². The summed E-state index contributed by atoms with van der Waals surface area (Å²) in [6.45, 7) is 5.90. The Bertz CT molecular complexity index is 1360. The number of para-hydroxylation sites is 1. The summed E-state index contributed by atoms with van der Waals surface area (Å²) in [6.07, 6.45) is 2.08. The van der Waals surface area contributed by atoms with Crippen molar-refractivity contribution < 1.29 is 27.1 Å². The van der Waals surface area contributed by atoms with E-state index in [4.69, 9.17) is 9.47 Å². The van der Waals surface area contributed by atoms with Gasteiger partial charge in [-0.2, -0.15) is 0 Å². The summed E-state index contributed by atoms with van der Waals surface area (Å²) in [6, 6.07) is 18.2. The zero-order chi connectivity index (χ0) is 27.3. The molecule has 7 nitrogen and oxygen atoms in total. The Morgan fingerprint density at radius 1 is 1.03 bits per heavy atom. The highest BCUT2D eigenvalue weighted by molar-refractivity contribution is 7.92. The number of nitrogens with one attached hydrogen (secondary N) is 1. The molecule has 0 aliphatic carbocycles. The molecule has 0 aromatic heterocycles. The molecule has 1 heterocycles. The predicted molar refractivity (Wildman–Crippen MR) is 144 cm³/mol. The fourth-order valence-electron chi connectivity index (χ4n) is 4.72. The first-order valence-electron chi connectivity index (χ1n) is 12.8. The van der Waals surface area contributed by atoms with Gasteiger partial charge < -0.3 is 14.8 Å². The third kappa shape index (κ3) is 5.78. The minimum absolute atomic E-state index is 0.00882. The van der Waals surface area contributed by atoms with Crippen LogP contribution in [0.3, 0.4) is 0 Å². The number of halogens is 1. The van der Waals surface area contributed by atoms with Crippen LogP contribution in [0.2, 0.25) is 0 Å². The lowest BCUT2D eigenvalue weighted by Gasteiger charge is -2.41. The van der Waals surface area contributed by atoms with Gasteiger partial charge in [-0.1, -0.05) is 32.0 Å². The molecular formula is C29H33FN2O5S. The lowest BCUT2D eigenvalue weighted by molar-refractivity contribution is -0.121. The molecule has 3 aromatic rings. The molecule has 1 aliphatic rings. The Labute approximate surface area is 223 Å². The molecule has 1 aliphatic heterocycles. The molecule has 0 saturated carbocycles. The largest absolute Gasteiger partial charge is 0.494 e. The molecule has 38 heavy (non-hydrogen) atoms. The van der Waals surface area contributed by atoms with E-state index in [1.54, 1.807) is 12.1 Å². The standard InChI is InChI=1S/C29H33FN2O5S/c1-4-29(5-2)19-26(25-9-7-8-10-27(25)37-29)31-28(33)20-32(22-13-11-21(30)12-14-22)38(34,35)24-17-15-23(16-18-24)36-6-3/h7-18,26H,4-6,19-20H2,1-3H3,(H,31,33)/t26-/m1/s1. The molecule has 0 fully saturated rings. The summed E-state index contributed by atoms with van der Waals surface area (Å²) in [5.41, 5.74) is 0.595. The highest BCUT2D eigenvalue weighted by atomic mass is 32.2. The summed E-state index contributed by atoms with van der Waals surface area (Å²) in [5, 5.41) is 3.04. The highest BCUT2D eigenvalue weighted by Gasteiger charge is 2.39. The summed E-state index contributed by atoms with van der Waals surface area (Å²) >= 11 is 0. The molecule has 1 atom stereocenters. The second kappa shape index (κ2) is 11.4.